The van der Waals surface area contributed by atoms with E-state index in [1.54, 1.807) is 6.07 Å². The Balaban J connectivity index is 2.10. The van der Waals surface area contributed by atoms with Gasteiger partial charge in [-0.15, -0.1) is 0 Å². The number of rotatable bonds is 4. The number of aromatic amines is 1. The highest BCUT2D eigenvalue weighted by Crippen LogP contribution is 2.42. The highest BCUT2D eigenvalue weighted by molar-refractivity contribution is 7.85. The zero-order valence-electron chi connectivity index (χ0n) is 12.4. The van der Waals surface area contributed by atoms with Crippen LogP contribution in [0.1, 0.15) is 5.56 Å². The van der Waals surface area contributed by atoms with Crippen LogP contribution >= 0.6 is 0 Å². The molecule has 0 fully saturated rings. The van der Waals surface area contributed by atoms with Gasteiger partial charge in [0.25, 0.3) is 0 Å². The number of H-pyrrole nitrogens is 1. The maximum Gasteiger partial charge on any atom is 0.132 e. The van der Waals surface area contributed by atoms with E-state index < -0.39 is 10.8 Å². The van der Waals surface area contributed by atoms with E-state index in [0.717, 1.165) is 27.9 Å². The van der Waals surface area contributed by atoms with Crippen LogP contribution < -0.4 is 11.1 Å². The molecule has 0 aliphatic carbocycles. The monoisotopic (exact) mass is 329 g/mol. The molecule has 1 aliphatic heterocycles. The van der Waals surface area contributed by atoms with Crippen molar-refractivity contribution < 1.29 is 8.60 Å². The number of benzene rings is 2. The molecule has 1 unspecified atom stereocenters. The summed E-state index contributed by atoms with van der Waals surface area (Å²) in [5.74, 6) is -0.0255. The summed E-state index contributed by atoms with van der Waals surface area (Å²) in [6, 6.07) is 8.89. The Morgan fingerprint density at radius 2 is 2.13 bits per heavy atom. The average Bonchev–Trinajstić information content (AvgIpc) is 3.21. The third-order valence-corrected chi connectivity index (χ3v) is 5.61. The van der Waals surface area contributed by atoms with Gasteiger partial charge >= 0.3 is 0 Å². The van der Waals surface area contributed by atoms with Crippen LogP contribution in [-0.2, 0) is 17.3 Å². The van der Waals surface area contributed by atoms with Crippen molar-refractivity contribution in [2.45, 2.75) is 11.4 Å². The molecule has 0 spiro atoms. The second-order valence-electron chi connectivity index (χ2n) is 5.52. The van der Waals surface area contributed by atoms with Crippen LogP contribution in [0.4, 0.5) is 10.1 Å². The normalized spacial score (nSPS) is 14.2. The minimum Gasteiger partial charge on any atom is -0.380 e. The van der Waals surface area contributed by atoms with E-state index in [1.807, 2.05) is 24.4 Å². The van der Waals surface area contributed by atoms with E-state index >= 15 is 0 Å². The molecule has 2 aromatic carbocycles. The van der Waals surface area contributed by atoms with Crippen molar-refractivity contribution in [3.8, 4) is 11.3 Å². The topological polar surface area (TPSA) is 70.9 Å². The molecule has 4 rings (SSSR count). The molecule has 2 heterocycles. The fourth-order valence-electron chi connectivity index (χ4n) is 3.21. The molecular formula is C17H16FN3OS. The number of hydrogen-bond donors (Lipinski definition) is 3. The van der Waals surface area contributed by atoms with E-state index in [4.69, 9.17) is 5.73 Å². The average molecular weight is 329 g/mol. The summed E-state index contributed by atoms with van der Waals surface area (Å²) >= 11 is 0. The molecule has 0 saturated carbocycles. The van der Waals surface area contributed by atoms with Crippen molar-refractivity contribution in [1.82, 2.24) is 4.98 Å². The van der Waals surface area contributed by atoms with E-state index in [1.165, 1.54) is 6.07 Å². The smallest absolute Gasteiger partial charge is 0.132 e. The highest BCUT2D eigenvalue weighted by Gasteiger charge is 2.25. The molecule has 4 nitrogen and oxygen atoms in total. The molecule has 3 aromatic rings. The molecule has 1 aliphatic rings. The van der Waals surface area contributed by atoms with Gasteiger partial charge in [0.05, 0.1) is 15.7 Å². The Bertz CT molecular complexity index is 921. The number of nitrogens with two attached hydrogens (primary N) is 1. The zero-order valence-corrected chi connectivity index (χ0v) is 13.2. The molecule has 0 saturated heterocycles. The highest BCUT2D eigenvalue weighted by atomic mass is 32.2. The molecule has 0 radical (unpaired) electrons. The molecule has 0 amide bonds. The zero-order chi connectivity index (χ0) is 16.0. The molecule has 1 aromatic heterocycles. The van der Waals surface area contributed by atoms with Gasteiger partial charge in [-0.2, -0.15) is 0 Å². The van der Waals surface area contributed by atoms with Gasteiger partial charge in [0.2, 0.25) is 0 Å². The van der Waals surface area contributed by atoms with Gasteiger partial charge in [0.15, 0.2) is 0 Å². The standard InChI is InChI=1S/C17H16FN3OS/c18-12-3-4-14-16-11(9-21-14)10(13-2-1-6-20-13)8-15(17(12)16)23(22)7-5-19/h1-4,6,8,20-21H,5,7,9,19H2. The second kappa shape index (κ2) is 5.47. The third kappa shape index (κ3) is 2.17. The fraction of sp³-hybridized carbons (Fsp3) is 0.176. The van der Waals surface area contributed by atoms with Crippen LogP contribution in [-0.4, -0.2) is 21.5 Å². The van der Waals surface area contributed by atoms with E-state index in [2.05, 4.69) is 10.3 Å². The lowest BCUT2D eigenvalue weighted by molar-refractivity contribution is 0.637. The maximum absolute atomic E-state index is 14.5. The van der Waals surface area contributed by atoms with Gasteiger partial charge in [-0.05, 0) is 35.9 Å². The van der Waals surface area contributed by atoms with Crippen LogP contribution in [0.25, 0.3) is 22.0 Å². The Labute approximate surface area is 135 Å². The van der Waals surface area contributed by atoms with Crippen LogP contribution in [0.5, 0.6) is 0 Å². The van der Waals surface area contributed by atoms with Crippen molar-refractivity contribution in [3.05, 3.63) is 47.9 Å². The van der Waals surface area contributed by atoms with Crippen molar-refractivity contribution in [2.75, 3.05) is 17.6 Å². The summed E-state index contributed by atoms with van der Waals surface area (Å²) in [6.07, 6.45) is 1.84. The minimum atomic E-state index is -1.34. The summed E-state index contributed by atoms with van der Waals surface area (Å²) in [6.45, 7) is 0.931. The Morgan fingerprint density at radius 1 is 1.26 bits per heavy atom. The van der Waals surface area contributed by atoms with Crippen LogP contribution in [0.15, 0.2) is 41.4 Å². The van der Waals surface area contributed by atoms with Crippen LogP contribution in [0, 0.1) is 5.82 Å². The maximum atomic E-state index is 14.5. The first-order chi connectivity index (χ1) is 11.2. The quantitative estimate of drug-likeness (QED) is 0.689. The molecular weight excluding hydrogens is 313 g/mol. The lowest BCUT2D eigenvalue weighted by atomic mass is 9.98. The molecule has 23 heavy (non-hydrogen) atoms. The van der Waals surface area contributed by atoms with Gasteiger partial charge in [0.1, 0.15) is 5.82 Å². The summed E-state index contributed by atoms with van der Waals surface area (Å²) in [7, 11) is -1.34. The first-order valence-corrected chi connectivity index (χ1v) is 8.76. The molecule has 0 bridgehead atoms. The summed E-state index contributed by atoms with van der Waals surface area (Å²) in [4.78, 5) is 3.70. The lowest BCUT2D eigenvalue weighted by Crippen LogP contribution is -2.11. The van der Waals surface area contributed by atoms with E-state index in [-0.39, 0.29) is 5.82 Å². The summed E-state index contributed by atoms with van der Waals surface area (Å²) in [5, 5.41) is 4.58. The number of hydrogen-bond acceptors (Lipinski definition) is 3. The van der Waals surface area contributed by atoms with Crippen LogP contribution in [0.2, 0.25) is 0 Å². The first kappa shape index (κ1) is 14.4. The number of nitrogens with one attached hydrogen (secondary N) is 2. The predicted octanol–water partition coefficient (Wildman–Crippen LogP) is 2.97. The van der Waals surface area contributed by atoms with Crippen molar-refractivity contribution in [1.29, 1.82) is 0 Å². The van der Waals surface area contributed by atoms with Gasteiger partial charge in [-0.3, -0.25) is 4.21 Å². The fourth-order valence-corrected chi connectivity index (χ4v) is 4.32. The lowest BCUT2D eigenvalue weighted by Gasteiger charge is -2.13. The van der Waals surface area contributed by atoms with Gasteiger partial charge in [0, 0.05) is 52.8 Å². The van der Waals surface area contributed by atoms with Gasteiger partial charge in [-0.25, -0.2) is 4.39 Å². The minimum absolute atomic E-state index is 0.299. The summed E-state index contributed by atoms with van der Waals surface area (Å²) < 4.78 is 27.1. The van der Waals surface area contributed by atoms with Crippen molar-refractivity contribution in [3.63, 3.8) is 0 Å². The summed E-state index contributed by atoms with van der Waals surface area (Å²) in [5.41, 5.74) is 9.36. The molecule has 1 atom stereocenters. The largest absolute Gasteiger partial charge is 0.380 e. The van der Waals surface area contributed by atoms with Crippen molar-refractivity contribution in [2.24, 2.45) is 5.73 Å². The van der Waals surface area contributed by atoms with Crippen molar-refractivity contribution >= 4 is 27.3 Å². The van der Waals surface area contributed by atoms with Gasteiger partial charge in [-0.1, -0.05) is 0 Å². The molecule has 4 N–H and O–H groups in total. The molecule has 118 valence electrons. The number of aromatic nitrogens is 1. The Morgan fingerprint density at radius 3 is 2.87 bits per heavy atom. The Kier molecular flexibility index (Phi) is 3.43. The van der Waals surface area contributed by atoms with E-state index in [9.17, 15) is 8.60 Å². The second-order valence-corrected chi connectivity index (χ2v) is 7.06. The first-order valence-electron chi connectivity index (χ1n) is 7.45. The molecule has 6 heteroatoms. The number of halogens is 1. The number of anilines is 1. The Hall–Kier alpha value is -2.18. The third-order valence-electron chi connectivity index (χ3n) is 4.20. The SMILES string of the molecule is NCCS(=O)c1cc(-c2ccc[nH]2)c2c3c(ccc(F)c13)NC2. The van der Waals surface area contributed by atoms with Gasteiger partial charge < -0.3 is 16.0 Å². The predicted molar refractivity (Wildman–Crippen MR) is 91.3 cm³/mol. The van der Waals surface area contributed by atoms with E-state index in [0.29, 0.717) is 29.1 Å². The van der Waals surface area contributed by atoms with Crippen LogP contribution in [0.3, 0.4) is 0 Å².